The van der Waals surface area contributed by atoms with Crippen LogP contribution in [-0.2, 0) is 0 Å². The number of para-hydroxylation sites is 1. The molecule has 3 nitrogen and oxygen atoms in total. The van der Waals surface area contributed by atoms with E-state index in [9.17, 15) is 0 Å². The molecule has 0 aliphatic rings. The Balaban J connectivity index is 2.01. The van der Waals surface area contributed by atoms with Gasteiger partial charge in [0.2, 0.25) is 0 Å². The fourth-order valence-corrected chi connectivity index (χ4v) is 14.1. The van der Waals surface area contributed by atoms with Gasteiger partial charge in [0.15, 0.2) is 0 Å². The van der Waals surface area contributed by atoms with Crippen LogP contribution in [0.1, 0.15) is 0 Å². The van der Waals surface area contributed by atoms with Crippen molar-refractivity contribution in [2.75, 3.05) is 29.9 Å². The number of nitrogens with two attached hydrogens (primary N) is 2. The van der Waals surface area contributed by atoms with Gasteiger partial charge in [0.25, 0.3) is 0 Å². The van der Waals surface area contributed by atoms with Crippen LogP contribution in [0, 0.1) is 0 Å². The maximum atomic E-state index is 5.65. The van der Waals surface area contributed by atoms with Crippen molar-refractivity contribution in [3.63, 3.8) is 0 Å². The Morgan fingerprint density at radius 2 is 1.32 bits per heavy atom. The van der Waals surface area contributed by atoms with E-state index in [0.717, 1.165) is 36.0 Å². The molecule has 0 saturated heterocycles. The van der Waals surface area contributed by atoms with Gasteiger partial charge in [-0.05, 0) is 0 Å². The molecule has 0 unspecified atom stereocenters. The van der Waals surface area contributed by atoms with Gasteiger partial charge in [0.05, 0.1) is 0 Å². The molecular formula is C16H22AsN3S2. The first-order valence-electron chi connectivity index (χ1n) is 7.21. The van der Waals surface area contributed by atoms with Gasteiger partial charge in [-0.1, -0.05) is 0 Å². The predicted molar refractivity (Wildman–Crippen MR) is 105 cm³/mol. The Morgan fingerprint density at radius 3 is 1.86 bits per heavy atom. The summed E-state index contributed by atoms with van der Waals surface area (Å²) < 4.78 is 1.46. The Bertz CT molecular complexity index is 529. The van der Waals surface area contributed by atoms with E-state index in [-0.39, 0.29) is 0 Å². The number of rotatable bonds is 9. The van der Waals surface area contributed by atoms with Crippen molar-refractivity contribution in [1.82, 2.24) is 0 Å². The van der Waals surface area contributed by atoms with Crippen molar-refractivity contribution in [3.8, 4) is 0 Å². The molecule has 0 amide bonds. The van der Waals surface area contributed by atoms with E-state index < -0.39 is 12.3 Å². The Labute approximate surface area is 143 Å². The van der Waals surface area contributed by atoms with Crippen LogP contribution >= 0.6 is 20.0 Å². The third-order valence-corrected chi connectivity index (χ3v) is 16.3. The second-order valence-electron chi connectivity index (χ2n) is 4.54. The Hall–Kier alpha value is -0.582. The van der Waals surface area contributed by atoms with Crippen LogP contribution in [-0.4, -0.2) is 36.9 Å². The summed E-state index contributed by atoms with van der Waals surface area (Å²) in [7, 11) is 4.06. The molecule has 22 heavy (non-hydrogen) atoms. The van der Waals surface area contributed by atoms with Gasteiger partial charge in [-0.25, -0.2) is 0 Å². The first-order chi connectivity index (χ1) is 10.8. The van der Waals surface area contributed by atoms with Crippen LogP contribution in [0.15, 0.2) is 54.6 Å². The second-order valence-corrected chi connectivity index (χ2v) is 16.3. The molecule has 0 aliphatic carbocycles. The Morgan fingerprint density at radius 1 is 0.773 bits per heavy atom. The summed E-state index contributed by atoms with van der Waals surface area (Å²) in [5.41, 5.74) is 13.5. The van der Waals surface area contributed by atoms with Gasteiger partial charge in [-0.3, -0.25) is 0 Å². The molecule has 0 spiro atoms. The van der Waals surface area contributed by atoms with E-state index in [1.54, 1.807) is 0 Å². The van der Waals surface area contributed by atoms with Crippen molar-refractivity contribution >= 4 is 48.1 Å². The molecule has 0 saturated carbocycles. The van der Waals surface area contributed by atoms with Crippen LogP contribution in [0.2, 0.25) is 0 Å². The van der Waals surface area contributed by atoms with Crippen LogP contribution in [0.25, 0.3) is 0 Å². The van der Waals surface area contributed by atoms with E-state index in [1.807, 2.05) is 38.2 Å². The molecular weight excluding hydrogens is 373 g/mol. The zero-order chi connectivity index (χ0) is 15.6. The standard InChI is InChI=1S/C16H22AsN3S2/c18-10-12-21-17(22-13-11-19)14-6-8-16(9-7-14)20-15-4-2-1-3-5-15/h1-9,20H,10-13,18-19H2. The molecule has 118 valence electrons. The monoisotopic (exact) mass is 395 g/mol. The predicted octanol–water partition coefficient (Wildman–Crippen LogP) is 2.51. The molecule has 0 aliphatic heterocycles. The molecule has 0 radical (unpaired) electrons. The van der Waals surface area contributed by atoms with Gasteiger partial charge in [-0.15, -0.1) is 0 Å². The van der Waals surface area contributed by atoms with Gasteiger partial charge in [-0.2, -0.15) is 0 Å². The van der Waals surface area contributed by atoms with E-state index in [4.69, 9.17) is 11.5 Å². The summed E-state index contributed by atoms with van der Waals surface area (Å²) in [5, 5.41) is 3.42. The molecule has 0 aromatic heterocycles. The summed E-state index contributed by atoms with van der Waals surface area (Å²) in [4.78, 5) is 0. The van der Waals surface area contributed by atoms with Crippen LogP contribution in [0.3, 0.4) is 0 Å². The topological polar surface area (TPSA) is 64.1 Å². The SMILES string of the molecule is NCCS[As](SCCN)c1ccc(Nc2ccccc2)cc1. The van der Waals surface area contributed by atoms with Crippen LogP contribution in [0.5, 0.6) is 0 Å². The first-order valence-corrected chi connectivity index (χ1v) is 14.6. The van der Waals surface area contributed by atoms with Crippen molar-refractivity contribution < 1.29 is 0 Å². The van der Waals surface area contributed by atoms with Gasteiger partial charge in [0.1, 0.15) is 0 Å². The summed E-state index contributed by atoms with van der Waals surface area (Å²) >= 11 is -1.16. The molecule has 0 bridgehead atoms. The fourth-order valence-electron chi connectivity index (χ4n) is 1.81. The minimum absolute atomic E-state index is 0.743. The fraction of sp³-hybridized carbons (Fsp3) is 0.250. The average molecular weight is 395 g/mol. The Kier molecular flexibility index (Phi) is 8.27. The van der Waals surface area contributed by atoms with Gasteiger partial charge >= 0.3 is 144 Å². The molecule has 2 aromatic carbocycles. The number of hydrogen-bond donors (Lipinski definition) is 3. The van der Waals surface area contributed by atoms with Crippen molar-refractivity contribution in [3.05, 3.63) is 54.6 Å². The van der Waals surface area contributed by atoms with Crippen LogP contribution < -0.4 is 21.1 Å². The molecule has 0 fully saturated rings. The van der Waals surface area contributed by atoms with Crippen LogP contribution in [0.4, 0.5) is 11.4 Å². The van der Waals surface area contributed by atoms with E-state index in [2.05, 4.69) is 41.7 Å². The van der Waals surface area contributed by atoms with E-state index in [1.165, 1.54) is 4.35 Å². The maximum absolute atomic E-state index is 5.65. The number of anilines is 2. The summed E-state index contributed by atoms with van der Waals surface area (Å²) in [6.45, 7) is 1.49. The van der Waals surface area contributed by atoms with Gasteiger partial charge in [0, 0.05) is 0 Å². The van der Waals surface area contributed by atoms with Gasteiger partial charge < -0.3 is 0 Å². The molecule has 6 heteroatoms. The third kappa shape index (κ3) is 5.90. The summed E-state index contributed by atoms with van der Waals surface area (Å²) in [6, 6.07) is 19.1. The van der Waals surface area contributed by atoms with Crippen molar-refractivity contribution in [2.24, 2.45) is 11.5 Å². The molecule has 5 N–H and O–H groups in total. The summed E-state index contributed by atoms with van der Waals surface area (Å²) in [5.74, 6) is 2.06. The van der Waals surface area contributed by atoms with E-state index >= 15 is 0 Å². The summed E-state index contributed by atoms with van der Waals surface area (Å²) in [6.07, 6.45) is 0. The van der Waals surface area contributed by atoms with Crippen molar-refractivity contribution in [1.29, 1.82) is 0 Å². The normalized spacial score (nSPS) is 10.9. The zero-order valence-electron chi connectivity index (χ0n) is 12.4. The molecule has 0 heterocycles. The molecule has 2 rings (SSSR count). The quantitative estimate of drug-likeness (QED) is 0.570. The second kappa shape index (κ2) is 10.2. The van der Waals surface area contributed by atoms with E-state index in [0.29, 0.717) is 0 Å². The zero-order valence-corrected chi connectivity index (χ0v) is 16.0. The third-order valence-electron chi connectivity index (χ3n) is 2.79. The molecule has 2 aromatic rings. The van der Waals surface area contributed by atoms with Crippen molar-refractivity contribution in [2.45, 2.75) is 0 Å². The first kappa shape index (κ1) is 17.8. The minimum atomic E-state index is -1.16. The average Bonchev–Trinajstić information content (AvgIpc) is 2.57. The molecule has 0 atom stereocenters. The number of hydrogen-bond acceptors (Lipinski definition) is 5. The number of benzene rings is 2. The number of nitrogens with one attached hydrogen (secondary N) is 1.